The van der Waals surface area contributed by atoms with E-state index in [9.17, 15) is 0 Å². The molecule has 0 saturated carbocycles. The summed E-state index contributed by atoms with van der Waals surface area (Å²) >= 11 is 0. The third kappa shape index (κ3) is 3.69. The maximum Gasteiger partial charge on any atom is 0.0360 e. The maximum absolute atomic E-state index is 5.80. The number of hydrogen-bond donors (Lipinski definition) is 1. The van der Waals surface area contributed by atoms with E-state index in [-0.39, 0.29) is 0 Å². The summed E-state index contributed by atoms with van der Waals surface area (Å²) in [5.41, 5.74) is 9.87. The van der Waals surface area contributed by atoms with Crippen LogP contribution in [-0.4, -0.2) is 18.5 Å². The molecule has 106 valence electrons. The second-order valence-corrected chi connectivity index (χ2v) is 5.35. The number of rotatable bonds is 6. The van der Waals surface area contributed by atoms with E-state index >= 15 is 0 Å². The average Bonchev–Trinajstić information content (AvgIpc) is 2.48. The first-order chi connectivity index (χ1) is 9.72. The Morgan fingerprint density at radius 3 is 2.30 bits per heavy atom. The van der Waals surface area contributed by atoms with Crippen molar-refractivity contribution >= 4 is 0 Å². The van der Waals surface area contributed by atoms with Gasteiger partial charge in [0, 0.05) is 12.6 Å². The largest absolute Gasteiger partial charge is 0.330 e. The number of aryl methyl sites for hydroxylation is 1. The molecule has 2 rings (SSSR count). The molecule has 1 atom stereocenters. The van der Waals surface area contributed by atoms with Crippen LogP contribution in [0.5, 0.6) is 0 Å². The highest BCUT2D eigenvalue weighted by atomic mass is 15.1. The van der Waals surface area contributed by atoms with Gasteiger partial charge in [0.2, 0.25) is 0 Å². The Bertz CT molecular complexity index is 522. The van der Waals surface area contributed by atoms with Crippen molar-refractivity contribution in [1.29, 1.82) is 0 Å². The molecule has 0 bridgehead atoms. The van der Waals surface area contributed by atoms with E-state index in [1.165, 1.54) is 16.7 Å². The second kappa shape index (κ2) is 7.22. The summed E-state index contributed by atoms with van der Waals surface area (Å²) in [5.74, 6) is 0. The number of hydrogen-bond acceptors (Lipinski definition) is 2. The highest BCUT2D eigenvalue weighted by Crippen LogP contribution is 2.24. The van der Waals surface area contributed by atoms with Gasteiger partial charge in [-0.2, -0.15) is 0 Å². The van der Waals surface area contributed by atoms with Crippen LogP contribution in [0.4, 0.5) is 0 Å². The lowest BCUT2D eigenvalue weighted by Crippen LogP contribution is -2.26. The molecule has 0 amide bonds. The number of nitrogens with two attached hydrogens (primary N) is 1. The van der Waals surface area contributed by atoms with Crippen LogP contribution in [0.2, 0.25) is 0 Å². The van der Waals surface area contributed by atoms with Crippen molar-refractivity contribution in [2.45, 2.75) is 25.9 Å². The van der Waals surface area contributed by atoms with Crippen LogP contribution in [0.3, 0.4) is 0 Å². The Morgan fingerprint density at radius 1 is 1.00 bits per heavy atom. The van der Waals surface area contributed by atoms with Gasteiger partial charge in [0.1, 0.15) is 0 Å². The minimum Gasteiger partial charge on any atom is -0.330 e. The van der Waals surface area contributed by atoms with Crippen molar-refractivity contribution in [1.82, 2.24) is 4.90 Å². The van der Waals surface area contributed by atoms with E-state index in [0.29, 0.717) is 12.6 Å². The van der Waals surface area contributed by atoms with Gasteiger partial charge in [-0.15, -0.1) is 0 Å². The SMILES string of the molecule is Cc1ccccc1CN(C)C(CCN)c1ccccc1. The Kier molecular flexibility index (Phi) is 5.33. The van der Waals surface area contributed by atoms with Gasteiger partial charge in [-0.25, -0.2) is 0 Å². The summed E-state index contributed by atoms with van der Waals surface area (Å²) in [4.78, 5) is 2.39. The molecule has 2 N–H and O–H groups in total. The van der Waals surface area contributed by atoms with Gasteiger partial charge in [0.25, 0.3) is 0 Å². The van der Waals surface area contributed by atoms with Gasteiger partial charge in [-0.3, -0.25) is 4.90 Å². The van der Waals surface area contributed by atoms with Gasteiger partial charge >= 0.3 is 0 Å². The number of nitrogens with zero attached hydrogens (tertiary/aromatic N) is 1. The molecule has 2 heteroatoms. The summed E-state index contributed by atoms with van der Waals surface area (Å²) in [6.45, 7) is 3.83. The third-order valence-electron chi connectivity index (χ3n) is 3.84. The van der Waals surface area contributed by atoms with Crippen LogP contribution in [0, 0.1) is 6.92 Å². The molecule has 2 aromatic carbocycles. The molecule has 0 spiro atoms. The fourth-order valence-corrected chi connectivity index (χ4v) is 2.64. The first-order valence-electron chi connectivity index (χ1n) is 7.22. The van der Waals surface area contributed by atoms with Crippen LogP contribution in [0.15, 0.2) is 54.6 Å². The van der Waals surface area contributed by atoms with Crippen molar-refractivity contribution in [3.8, 4) is 0 Å². The summed E-state index contributed by atoms with van der Waals surface area (Å²) in [5, 5.41) is 0. The highest BCUT2D eigenvalue weighted by molar-refractivity contribution is 5.26. The van der Waals surface area contributed by atoms with E-state index < -0.39 is 0 Å². The Hall–Kier alpha value is -1.64. The lowest BCUT2D eigenvalue weighted by atomic mass is 10.0. The van der Waals surface area contributed by atoms with Crippen LogP contribution in [0.25, 0.3) is 0 Å². The molecule has 0 aliphatic heterocycles. The molecule has 0 aromatic heterocycles. The normalized spacial score (nSPS) is 12.6. The Balaban J connectivity index is 2.16. The van der Waals surface area contributed by atoms with Crippen LogP contribution in [0.1, 0.15) is 29.2 Å². The topological polar surface area (TPSA) is 29.3 Å². The molecule has 2 aromatic rings. The number of benzene rings is 2. The van der Waals surface area contributed by atoms with Gasteiger partial charge in [0.15, 0.2) is 0 Å². The van der Waals surface area contributed by atoms with E-state index in [2.05, 4.69) is 73.5 Å². The second-order valence-electron chi connectivity index (χ2n) is 5.35. The average molecular weight is 268 g/mol. The molecule has 20 heavy (non-hydrogen) atoms. The van der Waals surface area contributed by atoms with Gasteiger partial charge < -0.3 is 5.73 Å². The molecular formula is C18H24N2. The standard InChI is InChI=1S/C18H24N2/c1-15-8-6-7-11-17(15)14-20(2)18(12-13-19)16-9-4-3-5-10-16/h3-11,18H,12-14,19H2,1-2H3. The van der Waals surface area contributed by atoms with Crippen LogP contribution >= 0.6 is 0 Å². The van der Waals surface area contributed by atoms with Crippen molar-refractivity contribution < 1.29 is 0 Å². The monoisotopic (exact) mass is 268 g/mol. The first-order valence-corrected chi connectivity index (χ1v) is 7.22. The first kappa shape index (κ1) is 14.8. The Morgan fingerprint density at radius 2 is 1.65 bits per heavy atom. The molecule has 0 radical (unpaired) electrons. The Labute approximate surface area is 122 Å². The van der Waals surface area contributed by atoms with Crippen molar-refractivity contribution in [2.24, 2.45) is 5.73 Å². The molecule has 2 nitrogen and oxygen atoms in total. The quantitative estimate of drug-likeness (QED) is 0.868. The van der Waals surface area contributed by atoms with Crippen molar-refractivity contribution in [3.63, 3.8) is 0 Å². The molecule has 0 fully saturated rings. The lowest BCUT2D eigenvalue weighted by Gasteiger charge is -2.29. The zero-order chi connectivity index (χ0) is 14.4. The summed E-state index contributed by atoms with van der Waals surface area (Å²) in [7, 11) is 2.18. The van der Waals surface area contributed by atoms with E-state index in [1.54, 1.807) is 0 Å². The third-order valence-corrected chi connectivity index (χ3v) is 3.84. The van der Waals surface area contributed by atoms with Gasteiger partial charge in [-0.05, 0) is 43.6 Å². The zero-order valence-corrected chi connectivity index (χ0v) is 12.4. The minimum atomic E-state index is 0.376. The molecular weight excluding hydrogens is 244 g/mol. The molecule has 1 unspecified atom stereocenters. The zero-order valence-electron chi connectivity index (χ0n) is 12.4. The van der Waals surface area contributed by atoms with Crippen LogP contribution in [-0.2, 0) is 6.54 Å². The van der Waals surface area contributed by atoms with E-state index in [1.807, 2.05) is 0 Å². The summed E-state index contributed by atoms with van der Waals surface area (Å²) in [6, 6.07) is 19.6. The fraction of sp³-hybridized carbons (Fsp3) is 0.333. The molecule has 0 heterocycles. The van der Waals surface area contributed by atoms with E-state index in [4.69, 9.17) is 5.73 Å². The molecule has 0 aliphatic carbocycles. The minimum absolute atomic E-state index is 0.376. The lowest BCUT2D eigenvalue weighted by molar-refractivity contribution is 0.226. The van der Waals surface area contributed by atoms with Gasteiger partial charge in [0.05, 0.1) is 0 Å². The van der Waals surface area contributed by atoms with Crippen molar-refractivity contribution in [3.05, 3.63) is 71.3 Å². The van der Waals surface area contributed by atoms with E-state index in [0.717, 1.165) is 13.0 Å². The predicted octanol–water partition coefficient (Wildman–Crippen LogP) is 3.52. The predicted molar refractivity (Wildman–Crippen MR) is 85.5 cm³/mol. The van der Waals surface area contributed by atoms with Gasteiger partial charge in [-0.1, -0.05) is 54.6 Å². The fourth-order valence-electron chi connectivity index (χ4n) is 2.64. The molecule has 0 saturated heterocycles. The summed E-state index contributed by atoms with van der Waals surface area (Å²) in [6.07, 6.45) is 0.979. The smallest absolute Gasteiger partial charge is 0.0360 e. The maximum atomic E-state index is 5.80. The highest BCUT2D eigenvalue weighted by Gasteiger charge is 2.16. The summed E-state index contributed by atoms with van der Waals surface area (Å²) < 4.78 is 0. The van der Waals surface area contributed by atoms with Crippen molar-refractivity contribution in [2.75, 3.05) is 13.6 Å². The van der Waals surface area contributed by atoms with Crippen LogP contribution < -0.4 is 5.73 Å². The molecule has 0 aliphatic rings.